The molecule has 0 atom stereocenters. The van der Waals surface area contributed by atoms with Crippen molar-refractivity contribution in [2.45, 2.75) is 0 Å². The van der Waals surface area contributed by atoms with Crippen LogP contribution in [0.4, 0.5) is 10.8 Å². The van der Waals surface area contributed by atoms with Crippen molar-refractivity contribution >= 4 is 49.9 Å². The summed E-state index contributed by atoms with van der Waals surface area (Å²) in [5, 5.41) is 13.4. The van der Waals surface area contributed by atoms with Gasteiger partial charge in [0.2, 0.25) is 0 Å². The fraction of sp³-hybridized carbons (Fsp3) is 0.222. The number of nitrogens with one attached hydrogen (secondary N) is 1. The zero-order valence-electron chi connectivity index (χ0n) is 13.7. The molecule has 4 rings (SSSR count). The van der Waals surface area contributed by atoms with Gasteiger partial charge in [0.05, 0.1) is 28.5 Å². The van der Waals surface area contributed by atoms with E-state index in [0.29, 0.717) is 24.5 Å². The number of phenols is 1. The van der Waals surface area contributed by atoms with E-state index < -0.39 is 0 Å². The van der Waals surface area contributed by atoms with Gasteiger partial charge in [-0.15, -0.1) is 0 Å². The first-order valence-electron chi connectivity index (χ1n) is 8.13. The molecular formula is C18H16ClN3O3S. The van der Waals surface area contributed by atoms with Crippen LogP contribution in [0.1, 0.15) is 10.4 Å². The smallest absolute Gasteiger partial charge is 0.255 e. The number of thiazole rings is 1. The lowest BCUT2D eigenvalue weighted by molar-refractivity contribution is 0.102. The quantitative estimate of drug-likeness (QED) is 0.713. The highest BCUT2D eigenvalue weighted by molar-refractivity contribution is 7.22. The number of morpholine rings is 1. The van der Waals surface area contributed by atoms with E-state index in [0.717, 1.165) is 28.4 Å². The molecule has 0 bridgehead atoms. The highest BCUT2D eigenvalue weighted by Crippen LogP contribution is 2.31. The van der Waals surface area contributed by atoms with Gasteiger partial charge in [-0.3, -0.25) is 4.79 Å². The number of hydrogen-bond donors (Lipinski definition) is 2. The number of fused-ring (bicyclic) bond motifs is 1. The molecule has 1 aliphatic rings. The number of aromatic nitrogens is 1. The molecule has 0 spiro atoms. The van der Waals surface area contributed by atoms with E-state index in [4.69, 9.17) is 16.3 Å². The van der Waals surface area contributed by atoms with Crippen molar-refractivity contribution in [2.75, 3.05) is 36.5 Å². The van der Waals surface area contributed by atoms with E-state index >= 15 is 0 Å². The molecular weight excluding hydrogens is 374 g/mol. The van der Waals surface area contributed by atoms with Crippen molar-refractivity contribution in [2.24, 2.45) is 0 Å². The van der Waals surface area contributed by atoms with E-state index in [1.54, 1.807) is 11.3 Å². The lowest BCUT2D eigenvalue weighted by atomic mass is 10.2. The molecule has 2 aromatic carbocycles. The number of ether oxygens (including phenoxy) is 1. The summed E-state index contributed by atoms with van der Waals surface area (Å²) in [6.07, 6.45) is 0. The van der Waals surface area contributed by atoms with E-state index in [9.17, 15) is 9.90 Å². The van der Waals surface area contributed by atoms with Gasteiger partial charge in [0.15, 0.2) is 5.13 Å². The Morgan fingerprint density at radius 2 is 2.04 bits per heavy atom. The first-order chi connectivity index (χ1) is 12.6. The Bertz CT molecular complexity index is 969. The first-order valence-corrected chi connectivity index (χ1v) is 9.33. The molecule has 8 heteroatoms. The minimum atomic E-state index is -0.288. The molecule has 0 radical (unpaired) electrons. The Morgan fingerprint density at radius 3 is 2.81 bits per heavy atom. The van der Waals surface area contributed by atoms with Crippen LogP contribution in [0.5, 0.6) is 5.75 Å². The number of carbonyl (C=O) groups is 1. The molecule has 1 aliphatic heterocycles. The topological polar surface area (TPSA) is 74.7 Å². The van der Waals surface area contributed by atoms with E-state index in [-0.39, 0.29) is 16.7 Å². The summed E-state index contributed by atoms with van der Waals surface area (Å²) < 4.78 is 6.39. The van der Waals surface area contributed by atoms with Gasteiger partial charge in [0.25, 0.3) is 5.91 Å². The average molecular weight is 390 g/mol. The minimum Gasteiger partial charge on any atom is -0.506 e. The molecule has 3 aromatic rings. The van der Waals surface area contributed by atoms with E-state index in [1.165, 1.54) is 18.2 Å². The number of aromatic hydroxyl groups is 1. The van der Waals surface area contributed by atoms with Crippen LogP contribution in [-0.2, 0) is 4.74 Å². The van der Waals surface area contributed by atoms with Crippen LogP contribution in [-0.4, -0.2) is 42.3 Å². The van der Waals surface area contributed by atoms with Crippen LogP contribution in [0.2, 0.25) is 5.02 Å². The first kappa shape index (κ1) is 17.1. The second-order valence-electron chi connectivity index (χ2n) is 5.90. The number of anilines is 2. The van der Waals surface area contributed by atoms with Crippen molar-refractivity contribution < 1.29 is 14.6 Å². The molecule has 1 fully saturated rings. The fourth-order valence-electron chi connectivity index (χ4n) is 2.73. The summed E-state index contributed by atoms with van der Waals surface area (Å²) in [6, 6.07) is 10.0. The number of amides is 1. The maximum atomic E-state index is 12.4. The Hall–Kier alpha value is -2.35. The van der Waals surface area contributed by atoms with Crippen LogP contribution in [0, 0.1) is 0 Å². The highest BCUT2D eigenvalue weighted by Gasteiger charge is 2.16. The van der Waals surface area contributed by atoms with Crippen molar-refractivity contribution in [3.63, 3.8) is 0 Å². The van der Waals surface area contributed by atoms with Crippen molar-refractivity contribution in [1.82, 2.24) is 4.98 Å². The molecule has 1 aromatic heterocycles. The van der Waals surface area contributed by atoms with Crippen molar-refractivity contribution in [3.05, 3.63) is 47.0 Å². The molecule has 6 nitrogen and oxygen atoms in total. The van der Waals surface area contributed by atoms with E-state index in [2.05, 4.69) is 15.2 Å². The molecule has 1 amide bonds. The number of carbonyl (C=O) groups excluding carboxylic acids is 1. The van der Waals surface area contributed by atoms with Gasteiger partial charge in [-0.1, -0.05) is 22.9 Å². The largest absolute Gasteiger partial charge is 0.506 e. The highest BCUT2D eigenvalue weighted by atomic mass is 35.5. The van der Waals surface area contributed by atoms with Gasteiger partial charge in [0, 0.05) is 24.3 Å². The second-order valence-corrected chi connectivity index (χ2v) is 7.31. The predicted molar refractivity (Wildman–Crippen MR) is 104 cm³/mol. The maximum Gasteiger partial charge on any atom is 0.255 e. The van der Waals surface area contributed by atoms with Crippen molar-refractivity contribution in [3.8, 4) is 5.75 Å². The average Bonchev–Trinajstić information content (AvgIpc) is 3.08. The summed E-state index contributed by atoms with van der Waals surface area (Å²) >= 11 is 7.46. The number of hydrogen-bond acceptors (Lipinski definition) is 6. The second kappa shape index (κ2) is 7.11. The van der Waals surface area contributed by atoms with Gasteiger partial charge in [-0.2, -0.15) is 0 Å². The Balaban J connectivity index is 1.54. The van der Waals surface area contributed by atoms with Crippen LogP contribution < -0.4 is 10.2 Å². The lowest BCUT2D eigenvalue weighted by Crippen LogP contribution is -2.36. The third-order valence-electron chi connectivity index (χ3n) is 4.13. The Morgan fingerprint density at radius 1 is 1.23 bits per heavy atom. The third-order valence-corrected chi connectivity index (χ3v) is 5.51. The van der Waals surface area contributed by atoms with Crippen LogP contribution in [0.25, 0.3) is 10.2 Å². The minimum absolute atomic E-state index is 0.0510. The van der Waals surface area contributed by atoms with Gasteiger partial charge in [-0.05, 0) is 36.4 Å². The van der Waals surface area contributed by atoms with Gasteiger partial charge >= 0.3 is 0 Å². The molecule has 0 aliphatic carbocycles. The summed E-state index contributed by atoms with van der Waals surface area (Å²) in [5.41, 5.74) is 1.97. The molecule has 134 valence electrons. The van der Waals surface area contributed by atoms with Gasteiger partial charge < -0.3 is 20.1 Å². The zero-order chi connectivity index (χ0) is 18.1. The number of benzene rings is 2. The summed E-state index contributed by atoms with van der Waals surface area (Å²) in [4.78, 5) is 19.3. The summed E-state index contributed by atoms with van der Waals surface area (Å²) in [5.74, 6) is -0.339. The van der Waals surface area contributed by atoms with Crippen molar-refractivity contribution in [1.29, 1.82) is 0 Å². The van der Waals surface area contributed by atoms with Crippen LogP contribution in [0.3, 0.4) is 0 Å². The maximum absolute atomic E-state index is 12.4. The molecule has 1 saturated heterocycles. The lowest BCUT2D eigenvalue weighted by Gasteiger charge is -2.25. The molecule has 0 saturated carbocycles. The SMILES string of the molecule is O=C(Nc1ccc2nc(N3CCOCC3)sc2c1)c1ccc(O)c(Cl)c1. The molecule has 0 unspecified atom stereocenters. The Kier molecular flexibility index (Phi) is 4.67. The number of halogens is 1. The monoisotopic (exact) mass is 389 g/mol. The van der Waals surface area contributed by atoms with Gasteiger partial charge in [0.1, 0.15) is 5.75 Å². The molecule has 26 heavy (non-hydrogen) atoms. The standard InChI is InChI=1S/C18H16ClN3O3S/c19-13-9-11(1-4-15(13)23)17(24)20-12-2-3-14-16(10-12)26-18(21-14)22-5-7-25-8-6-22/h1-4,9-10,23H,5-8H2,(H,20,24). The number of nitrogens with zero attached hydrogens (tertiary/aromatic N) is 2. The van der Waals surface area contributed by atoms with Crippen LogP contribution in [0.15, 0.2) is 36.4 Å². The molecule has 2 heterocycles. The predicted octanol–water partition coefficient (Wildman–Crippen LogP) is 3.74. The Labute approximate surface area is 159 Å². The third kappa shape index (κ3) is 3.46. The van der Waals surface area contributed by atoms with E-state index in [1.807, 2.05) is 18.2 Å². The summed E-state index contributed by atoms with van der Waals surface area (Å²) in [7, 11) is 0. The van der Waals surface area contributed by atoms with Gasteiger partial charge in [-0.25, -0.2) is 4.98 Å². The van der Waals surface area contributed by atoms with Crippen LogP contribution >= 0.6 is 22.9 Å². The normalized spacial score (nSPS) is 14.6. The number of phenolic OH excluding ortho intramolecular Hbond substituents is 1. The summed E-state index contributed by atoms with van der Waals surface area (Å²) in [6.45, 7) is 3.11. The zero-order valence-corrected chi connectivity index (χ0v) is 15.3. The molecule has 2 N–H and O–H groups in total. The fourth-order valence-corrected chi connectivity index (χ4v) is 3.97. The number of rotatable bonds is 3.